The molecular weight excluding hydrogens is 126 g/mol. The Morgan fingerprint density at radius 1 is 1.60 bits per heavy atom. The van der Waals surface area contributed by atoms with Crippen LogP contribution < -0.4 is 0 Å². The maximum Gasteiger partial charge on any atom is 0.118 e. The highest BCUT2D eigenvalue weighted by Gasteiger charge is 1.86. The van der Waals surface area contributed by atoms with Crippen LogP contribution in [0.4, 0.5) is 0 Å². The molecule has 0 amide bonds. The molecule has 0 saturated carbocycles. The standard InChI is InChI=1S/C8H15NO/c1-4-6-9(3)8-10-7-5-2/h4-6H,2,7-8H2,1,3H3/b6-4+. The van der Waals surface area contributed by atoms with Gasteiger partial charge in [-0.1, -0.05) is 12.2 Å². The van der Waals surface area contributed by atoms with Crippen LogP contribution in [0.1, 0.15) is 6.92 Å². The molecule has 0 atom stereocenters. The lowest BCUT2D eigenvalue weighted by Gasteiger charge is -2.12. The predicted octanol–water partition coefficient (Wildman–Crippen LogP) is 1.61. The molecule has 0 aromatic heterocycles. The Bertz CT molecular complexity index is 110. The molecular formula is C8H15NO. The van der Waals surface area contributed by atoms with Gasteiger partial charge < -0.3 is 9.64 Å². The third-order valence-electron chi connectivity index (χ3n) is 0.934. The van der Waals surface area contributed by atoms with E-state index < -0.39 is 0 Å². The number of nitrogens with zero attached hydrogens (tertiary/aromatic N) is 1. The molecule has 0 rings (SSSR count). The van der Waals surface area contributed by atoms with Crippen LogP contribution >= 0.6 is 0 Å². The molecule has 0 bridgehead atoms. The van der Waals surface area contributed by atoms with Crippen molar-refractivity contribution in [1.82, 2.24) is 4.90 Å². The number of hydrogen-bond acceptors (Lipinski definition) is 2. The number of ether oxygens (including phenoxy) is 1. The Morgan fingerprint density at radius 3 is 2.80 bits per heavy atom. The molecule has 0 aromatic carbocycles. The summed E-state index contributed by atoms with van der Waals surface area (Å²) in [6, 6.07) is 0. The second kappa shape index (κ2) is 6.36. The first-order valence-electron chi connectivity index (χ1n) is 3.33. The predicted molar refractivity (Wildman–Crippen MR) is 43.6 cm³/mol. The fraction of sp³-hybridized carbons (Fsp3) is 0.500. The van der Waals surface area contributed by atoms with E-state index in [1.807, 2.05) is 31.1 Å². The quantitative estimate of drug-likeness (QED) is 0.327. The molecule has 0 unspecified atom stereocenters. The first-order valence-corrected chi connectivity index (χ1v) is 3.33. The fourth-order valence-electron chi connectivity index (χ4n) is 0.578. The maximum atomic E-state index is 5.15. The normalized spacial score (nSPS) is 10.2. The summed E-state index contributed by atoms with van der Waals surface area (Å²) >= 11 is 0. The van der Waals surface area contributed by atoms with E-state index in [4.69, 9.17) is 4.74 Å². The molecule has 0 fully saturated rings. The van der Waals surface area contributed by atoms with Gasteiger partial charge >= 0.3 is 0 Å². The minimum Gasteiger partial charge on any atom is -0.358 e. The Hall–Kier alpha value is -0.760. The lowest BCUT2D eigenvalue weighted by Crippen LogP contribution is -2.14. The van der Waals surface area contributed by atoms with Crippen LogP contribution in [0.25, 0.3) is 0 Å². The molecule has 0 saturated heterocycles. The van der Waals surface area contributed by atoms with Crippen LogP contribution in [0.2, 0.25) is 0 Å². The summed E-state index contributed by atoms with van der Waals surface area (Å²) in [5.41, 5.74) is 0. The zero-order chi connectivity index (χ0) is 7.82. The van der Waals surface area contributed by atoms with E-state index in [-0.39, 0.29) is 0 Å². The average Bonchev–Trinajstić information content (AvgIpc) is 1.89. The van der Waals surface area contributed by atoms with Crippen LogP contribution in [0.5, 0.6) is 0 Å². The average molecular weight is 141 g/mol. The molecule has 2 nitrogen and oxygen atoms in total. The summed E-state index contributed by atoms with van der Waals surface area (Å²) in [6.45, 7) is 6.75. The van der Waals surface area contributed by atoms with Gasteiger partial charge in [-0.05, 0) is 13.1 Å². The van der Waals surface area contributed by atoms with Crippen molar-refractivity contribution in [2.24, 2.45) is 0 Å². The van der Waals surface area contributed by atoms with Crippen LogP contribution in [-0.2, 0) is 4.74 Å². The number of allylic oxidation sites excluding steroid dienone is 1. The van der Waals surface area contributed by atoms with Gasteiger partial charge in [-0.15, -0.1) is 6.58 Å². The molecule has 0 radical (unpaired) electrons. The molecule has 0 aliphatic carbocycles. The zero-order valence-electron chi connectivity index (χ0n) is 6.71. The lowest BCUT2D eigenvalue weighted by atomic mass is 10.6. The summed E-state index contributed by atoms with van der Waals surface area (Å²) in [4.78, 5) is 1.96. The van der Waals surface area contributed by atoms with Gasteiger partial charge in [-0.25, -0.2) is 0 Å². The van der Waals surface area contributed by atoms with Crippen molar-refractivity contribution in [3.8, 4) is 0 Å². The molecule has 0 heterocycles. The first-order chi connectivity index (χ1) is 4.81. The van der Waals surface area contributed by atoms with Crippen molar-refractivity contribution >= 4 is 0 Å². The van der Waals surface area contributed by atoms with Gasteiger partial charge in [0, 0.05) is 7.05 Å². The zero-order valence-corrected chi connectivity index (χ0v) is 6.71. The van der Waals surface area contributed by atoms with Crippen LogP contribution in [0.3, 0.4) is 0 Å². The number of hydrogen-bond donors (Lipinski definition) is 0. The Labute approximate surface area is 62.8 Å². The van der Waals surface area contributed by atoms with E-state index in [2.05, 4.69) is 6.58 Å². The van der Waals surface area contributed by atoms with Gasteiger partial charge in [0.1, 0.15) is 6.73 Å². The lowest BCUT2D eigenvalue weighted by molar-refractivity contribution is 0.0861. The highest BCUT2D eigenvalue weighted by molar-refractivity contribution is 4.74. The Balaban J connectivity index is 3.20. The van der Waals surface area contributed by atoms with E-state index in [1.165, 1.54) is 0 Å². The maximum absolute atomic E-state index is 5.15. The SMILES string of the molecule is C=CCOCN(C)/C=C/C. The molecule has 0 aliphatic heterocycles. The summed E-state index contributed by atoms with van der Waals surface area (Å²) in [6.07, 6.45) is 5.67. The smallest absolute Gasteiger partial charge is 0.118 e. The molecule has 58 valence electrons. The van der Waals surface area contributed by atoms with Crippen LogP contribution in [0, 0.1) is 0 Å². The first kappa shape index (κ1) is 9.24. The van der Waals surface area contributed by atoms with Gasteiger partial charge in [0.25, 0.3) is 0 Å². The van der Waals surface area contributed by atoms with Gasteiger partial charge in [-0.3, -0.25) is 0 Å². The summed E-state index contributed by atoms with van der Waals surface area (Å²) in [5, 5.41) is 0. The van der Waals surface area contributed by atoms with Crippen molar-refractivity contribution in [3.05, 3.63) is 24.9 Å². The largest absolute Gasteiger partial charge is 0.358 e. The van der Waals surface area contributed by atoms with E-state index in [0.717, 1.165) is 0 Å². The monoisotopic (exact) mass is 141 g/mol. The van der Waals surface area contributed by atoms with Crippen molar-refractivity contribution < 1.29 is 4.74 Å². The highest BCUT2D eigenvalue weighted by Crippen LogP contribution is 1.84. The van der Waals surface area contributed by atoms with Crippen LogP contribution in [-0.4, -0.2) is 25.3 Å². The van der Waals surface area contributed by atoms with Crippen molar-refractivity contribution in [2.45, 2.75) is 6.92 Å². The fourth-order valence-corrected chi connectivity index (χ4v) is 0.578. The molecule has 0 aromatic rings. The summed E-state index contributed by atoms with van der Waals surface area (Å²) in [7, 11) is 1.96. The van der Waals surface area contributed by atoms with Crippen molar-refractivity contribution in [3.63, 3.8) is 0 Å². The Kier molecular flexibility index (Phi) is 5.88. The molecule has 0 spiro atoms. The minimum atomic E-state index is 0.613. The van der Waals surface area contributed by atoms with Gasteiger partial charge in [0.15, 0.2) is 0 Å². The van der Waals surface area contributed by atoms with Crippen molar-refractivity contribution in [1.29, 1.82) is 0 Å². The third kappa shape index (κ3) is 5.38. The number of rotatable bonds is 5. The molecule has 10 heavy (non-hydrogen) atoms. The molecule has 2 heteroatoms. The molecule has 0 N–H and O–H groups in total. The summed E-state index contributed by atoms with van der Waals surface area (Å²) < 4.78 is 5.15. The second-order valence-electron chi connectivity index (χ2n) is 2.03. The Morgan fingerprint density at radius 2 is 2.30 bits per heavy atom. The van der Waals surface area contributed by atoms with E-state index in [0.29, 0.717) is 13.3 Å². The van der Waals surface area contributed by atoms with Gasteiger partial charge in [-0.2, -0.15) is 0 Å². The summed E-state index contributed by atoms with van der Waals surface area (Å²) in [5.74, 6) is 0. The second-order valence-corrected chi connectivity index (χ2v) is 2.03. The van der Waals surface area contributed by atoms with E-state index in [9.17, 15) is 0 Å². The van der Waals surface area contributed by atoms with Gasteiger partial charge in [0.05, 0.1) is 6.61 Å². The van der Waals surface area contributed by atoms with Gasteiger partial charge in [0.2, 0.25) is 0 Å². The van der Waals surface area contributed by atoms with Crippen molar-refractivity contribution in [2.75, 3.05) is 20.4 Å². The minimum absolute atomic E-state index is 0.613. The topological polar surface area (TPSA) is 12.5 Å². The van der Waals surface area contributed by atoms with E-state index >= 15 is 0 Å². The van der Waals surface area contributed by atoms with E-state index in [1.54, 1.807) is 6.08 Å². The van der Waals surface area contributed by atoms with Crippen LogP contribution in [0.15, 0.2) is 24.9 Å². The highest BCUT2D eigenvalue weighted by atomic mass is 16.5. The third-order valence-corrected chi connectivity index (χ3v) is 0.934. The molecule has 0 aliphatic rings.